The van der Waals surface area contributed by atoms with Crippen LogP contribution in [0.3, 0.4) is 0 Å². The van der Waals surface area contributed by atoms with Crippen molar-refractivity contribution in [3.05, 3.63) is 27.2 Å². The Hall–Kier alpha value is -1.03. The monoisotopic (exact) mass is 286 g/mol. The van der Waals surface area contributed by atoms with Crippen LogP contribution in [0.4, 0.5) is 0 Å². The molecule has 1 rings (SSSR count). The molecule has 16 heavy (non-hydrogen) atoms. The third-order valence-electron chi connectivity index (χ3n) is 2.67. The Labute approximate surface area is 104 Å². The minimum atomic E-state index is -0.793. The number of ether oxygens (including phenoxy) is 1. The van der Waals surface area contributed by atoms with E-state index < -0.39 is 5.97 Å². The van der Waals surface area contributed by atoms with Crippen molar-refractivity contribution in [2.75, 3.05) is 7.11 Å². The van der Waals surface area contributed by atoms with Crippen molar-refractivity contribution in [2.24, 2.45) is 0 Å². The van der Waals surface area contributed by atoms with Gasteiger partial charge in [-0.3, -0.25) is 4.79 Å². The molecule has 0 aliphatic carbocycles. The normalized spacial score (nSPS) is 10.2. The molecule has 0 saturated heterocycles. The van der Waals surface area contributed by atoms with Crippen LogP contribution >= 0.6 is 15.9 Å². The van der Waals surface area contributed by atoms with Crippen molar-refractivity contribution >= 4 is 21.9 Å². The molecule has 88 valence electrons. The molecule has 0 saturated carbocycles. The van der Waals surface area contributed by atoms with Crippen LogP contribution in [-0.2, 0) is 11.2 Å². The Morgan fingerprint density at radius 2 is 2.12 bits per heavy atom. The smallest absolute Gasteiger partial charge is 0.303 e. The van der Waals surface area contributed by atoms with Gasteiger partial charge in [0.25, 0.3) is 0 Å². The molecular weight excluding hydrogens is 272 g/mol. The standard InChI is InChI=1S/C12H15BrO3/c1-7-6-10(13)12(16-3)9(8(7)2)4-5-11(14)15/h6H,4-5H2,1-3H3,(H,14,15). The first-order valence-electron chi connectivity index (χ1n) is 5.01. The molecule has 0 amide bonds. The SMILES string of the molecule is COc1c(Br)cc(C)c(C)c1CCC(=O)O. The maximum Gasteiger partial charge on any atom is 0.303 e. The van der Waals surface area contributed by atoms with Gasteiger partial charge in [0.05, 0.1) is 11.6 Å². The van der Waals surface area contributed by atoms with Gasteiger partial charge < -0.3 is 9.84 Å². The molecule has 0 unspecified atom stereocenters. The Morgan fingerprint density at radius 1 is 1.50 bits per heavy atom. The average molecular weight is 287 g/mol. The highest BCUT2D eigenvalue weighted by Gasteiger charge is 2.14. The summed E-state index contributed by atoms with van der Waals surface area (Å²) in [5.41, 5.74) is 3.20. The predicted octanol–water partition coefficient (Wildman–Crippen LogP) is 3.09. The van der Waals surface area contributed by atoms with E-state index in [2.05, 4.69) is 15.9 Å². The number of carboxylic acid groups (broad SMARTS) is 1. The van der Waals surface area contributed by atoms with Gasteiger partial charge in [0.15, 0.2) is 0 Å². The highest BCUT2D eigenvalue weighted by Crippen LogP contribution is 2.34. The molecule has 0 bridgehead atoms. The zero-order valence-corrected chi connectivity index (χ0v) is 11.2. The maximum absolute atomic E-state index is 10.6. The van der Waals surface area contributed by atoms with Crippen molar-refractivity contribution in [3.63, 3.8) is 0 Å². The van der Waals surface area contributed by atoms with Crippen LogP contribution in [0.5, 0.6) is 5.75 Å². The second kappa shape index (κ2) is 5.34. The van der Waals surface area contributed by atoms with E-state index in [-0.39, 0.29) is 6.42 Å². The number of hydrogen-bond acceptors (Lipinski definition) is 2. The Kier molecular flexibility index (Phi) is 4.35. The third kappa shape index (κ3) is 2.76. The van der Waals surface area contributed by atoms with E-state index in [9.17, 15) is 4.79 Å². The van der Waals surface area contributed by atoms with Crippen molar-refractivity contribution in [3.8, 4) is 5.75 Å². The van der Waals surface area contributed by atoms with Crippen LogP contribution in [0.1, 0.15) is 23.1 Å². The van der Waals surface area contributed by atoms with Gasteiger partial charge in [0.2, 0.25) is 0 Å². The van der Waals surface area contributed by atoms with Gasteiger partial charge in [0.1, 0.15) is 5.75 Å². The van der Waals surface area contributed by atoms with Gasteiger partial charge in [-0.05, 0) is 59.0 Å². The molecule has 0 aromatic heterocycles. The fourth-order valence-corrected chi connectivity index (χ4v) is 2.41. The maximum atomic E-state index is 10.6. The number of aliphatic carboxylic acids is 1. The molecule has 1 aromatic rings. The number of halogens is 1. The second-order valence-corrected chi connectivity index (χ2v) is 4.56. The fourth-order valence-electron chi connectivity index (χ4n) is 1.67. The topological polar surface area (TPSA) is 46.5 Å². The number of rotatable bonds is 4. The highest BCUT2D eigenvalue weighted by molar-refractivity contribution is 9.10. The minimum absolute atomic E-state index is 0.118. The summed E-state index contributed by atoms with van der Waals surface area (Å²) in [6.45, 7) is 3.99. The summed E-state index contributed by atoms with van der Waals surface area (Å²) in [5, 5.41) is 8.72. The van der Waals surface area contributed by atoms with Crippen LogP contribution in [0.15, 0.2) is 10.5 Å². The van der Waals surface area contributed by atoms with E-state index in [0.29, 0.717) is 6.42 Å². The van der Waals surface area contributed by atoms with Gasteiger partial charge in [-0.2, -0.15) is 0 Å². The Morgan fingerprint density at radius 3 is 2.62 bits per heavy atom. The minimum Gasteiger partial charge on any atom is -0.495 e. The largest absolute Gasteiger partial charge is 0.495 e. The van der Waals surface area contributed by atoms with Crippen LogP contribution in [-0.4, -0.2) is 18.2 Å². The summed E-state index contributed by atoms with van der Waals surface area (Å²) >= 11 is 3.43. The average Bonchev–Trinajstić information content (AvgIpc) is 2.20. The van der Waals surface area contributed by atoms with Crippen molar-refractivity contribution in [1.29, 1.82) is 0 Å². The summed E-state index contributed by atoms with van der Waals surface area (Å²) in [6.07, 6.45) is 0.609. The van der Waals surface area contributed by atoms with Gasteiger partial charge in [0, 0.05) is 6.42 Å². The fraction of sp³-hybridized carbons (Fsp3) is 0.417. The van der Waals surface area contributed by atoms with E-state index >= 15 is 0 Å². The molecule has 3 nitrogen and oxygen atoms in total. The van der Waals surface area contributed by atoms with Gasteiger partial charge in [-0.25, -0.2) is 0 Å². The molecular formula is C12H15BrO3. The molecule has 4 heteroatoms. The molecule has 1 aromatic carbocycles. The Bertz CT molecular complexity index is 413. The lowest BCUT2D eigenvalue weighted by Crippen LogP contribution is -2.03. The van der Waals surface area contributed by atoms with Crippen molar-refractivity contribution in [2.45, 2.75) is 26.7 Å². The quantitative estimate of drug-likeness (QED) is 0.925. The summed E-state index contributed by atoms with van der Waals surface area (Å²) in [7, 11) is 1.60. The van der Waals surface area contributed by atoms with Crippen LogP contribution in [0.25, 0.3) is 0 Å². The molecule has 1 N–H and O–H groups in total. The van der Waals surface area contributed by atoms with Gasteiger partial charge >= 0.3 is 5.97 Å². The highest BCUT2D eigenvalue weighted by atomic mass is 79.9. The number of aryl methyl sites for hydroxylation is 1. The van der Waals surface area contributed by atoms with Crippen molar-refractivity contribution in [1.82, 2.24) is 0 Å². The summed E-state index contributed by atoms with van der Waals surface area (Å²) < 4.78 is 6.18. The van der Waals surface area contributed by atoms with Crippen LogP contribution in [0.2, 0.25) is 0 Å². The molecule has 0 fully saturated rings. The molecule has 0 aliphatic rings. The van der Waals surface area contributed by atoms with E-state index in [1.807, 2.05) is 19.9 Å². The number of hydrogen-bond donors (Lipinski definition) is 1. The number of benzene rings is 1. The molecule has 0 radical (unpaired) electrons. The number of carbonyl (C=O) groups is 1. The van der Waals surface area contributed by atoms with Gasteiger partial charge in [-0.1, -0.05) is 0 Å². The number of methoxy groups -OCH3 is 1. The summed E-state index contributed by atoms with van der Waals surface area (Å²) in [4.78, 5) is 10.6. The van der Waals surface area contributed by atoms with Crippen LogP contribution in [0, 0.1) is 13.8 Å². The summed E-state index contributed by atoms with van der Waals surface area (Å²) in [6, 6.07) is 1.98. The molecule has 0 spiro atoms. The van der Waals surface area contributed by atoms with Crippen LogP contribution < -0.4 is 4.74 Å². The van der Waals surface area contributed by atoms with Crippen molar-refractivity contribution < 1.29 is 14.6 Å². The molecule has 0 aliphatic heterocycles. The van der Waals surface area contributed by atoms with E-state index in [1.54, 1.807) is 7.11 Å². The zero-order valence-electron chi connectivity index (χ0n) is 9.63. The molecule has 0 heterocycles. The first-order valence-corrected chi connectivity index (χ1v) is 5.81. The predicted molar refractivity (Wildman–Crippen MR) is 66.1 cm³/mol. The lowest BCUT2D eigenvalue weighted by Gasteiger charge is -2.15. The Balaban J connectivity index is 3.17. The zero-order chi connectivity index (χ0) is 12.3. The summed E-state index contributed by atoms with van der Waals surface area (Å²) in [5.74, 6) is -0.0524. The number of carboxylic acids is 1. The van der Waals surface area contributed by atoms with E-state index in [0.717, 1.165) is 26.9 Å². The van der Waals surface area contributed by atoms with E-state index in [1.165, 1.54) is 0 Å². The molecule has 0 atom stereocenters. The second-order valence-electron chi connectivity index (χ2n) is 3.71. The van der Waals surface area contributed by atoms with E-state index in [4.69, 9.17) is 9.84 Å². The first-order chi connectivity index (χ1) is 7.47. The lowest BCUT2D eigenvalue weighted by atomic mass is 9.98. The van der Waals surface area contributed by atoms with Gasteiger partial charge in [-0.15, -0.1) is 0 Å². The third-order valence-corrected chi connectivity index (χ3v) is 3.26. The lowest BCUT2D eigenvalue weighted by molar-refractivity contribution is -0.136. The first kappa shape index (κ1) is 13.0.